The first-order valence-corrected chi connectivity index (χ1v) is 23.0. The molecule has 3 heteroatoms. The monoisotopic (exact) mass is 842 g/mol. The lowest BCUT2D eigenvalue weighted by Gasteiger charge is -2.17. The maximum absolute atomic E-state index is 5.20. The van der Waals surface area contributed by atoms with Gasteiger partial charge in [-0.2, -0.15) is 0 Å². The molecule has 0 unspecified atom stereocenters. The van der Waals surface area contributed by atoms with Crippen LogP contribution in [0.1, 0.15) is 0 Å². The summed E-state index contributed by atoms with van der Waals surface area (Å²) in [7, 11) is 0. The van der Waals surface area contributed by atoms with E-state index >= 15 is 0 Å². The summed E-state index contributed by atoms with van der Waals surface area (Å²) in [6.45, 7) is 0. The standard InChI is InChI=1S/C62H38N2S/c1-2-14-44(15-3-1)62-63-56(38-57(64-62)53-22-12-24-59-61(53)54-21-10-11-23-58(54)65-59)43-31-27-40(28-32-43)39-25-29-42(30-26-39)47-35-36-51(50-20-9-8-19-49(47)50)60-48-18-7-5-16-45(48)37-55-46-17-6-4-13-41(46)33-34-52(55)60/h1-38H. The zero-order valence-corrected chi connectivity index (χ0v) is 36.1. The molecule has 0 radical (unpaired) electrons. The van der Waals surface area contributed by atoms with Gasteiger partial charge in [-0.05, 0) is 101 Å². The molecule has 2 heterocycles. The summed E-state index contributed by atoms with van der Waals surface area (Å²) in [5.74, 6) is 0.717. The van der Waals surface area contributed by atoms with Crippen molar-refractivity contribution in [1.29, 1.82) is 0 Å². The van der Waals surface area contributed by atoms with Crippen LogP contribution in [0, 0.1) is 0 Å². The van der Waals surface area contributed by atoms with E-state index in [1.165, 1.54) is 91.1 Å². The lowest BCUT2D eigenvalue weighted by Crippen LogP contribution is -1.96. The van der Waals surface area contributed by atoms with Gasteiger partial charge in [-0.25, -0.2) is 9.97 Å². The van der Waals surface area contributed by atoms with Crippen LogP contribution in [0.25, 0.3) is 131 Å². The highest BCUT2D eigenvalue weighted by Crippen LogP contribution is 2.45. The predicted octanol–water partition coefficient (Wildman–Crippen LogP) is 17.5. The Kier molecular flexibility index (Phi) is 8.75. The third-order valence-electron chi connectivity index (χ3n) is 13.1. The Labute approximate surface area is 380 Å². The summed E-state index contributed by atoms with van der Waals surface area (Å²) in [4.78, 5) is 10.4. The van der Waals surface area contributed by atoms with Crippen LogP contribution in [-0.2, 0) is 0 Å². The minimum atomic E-state index is 0.717. The van der Waals surface area contributed by atoms with E-state index in [0.717, 1.165) is 33.6 Å². The van der Waals surface area contributed by atoms with E-state index < -0.39 is 0 Å². The molecule has 0 fully saturated rings. The van der Waals surface area contributed by atoms with Crippen molar-refractivity contribution in [1.82, 2.24) is 9.97 Å². The van der Waals surface area contributed by atoms with E-state index in [1.54, 1.807) is 0 Å². The molecule has 65 heavy (non-hydrogen) atoms. The van der Waals surface area contributed by atoms with E-state index in [2.05, 4.69) is 212 Å². The van der Waals surface area contributed by atoms with Crippen LogP contribution in [-0.4, -0.2) is 9.97 Å². The number of fused-ring (bicyclic) bond motifs is 8. The maximum atomic E-state index is 5.20. The van der Waals surface area contributed by atoms with Crippen molar-refractivity contribution in [2.45, 2.75) is 0 Å². The van der Waals surface area contributed by atoms with Crippen LogP contribution in [0.2, 0.25) is 0 Å². The van der Waals surface area contributed by atoms with E-state index in [1.807, 2.05) is 29.5 Å². The SMILES string of the molecule is c1ccc(-c2nc(-c3ccc(-c4ccc(-c5ccc(-c6c7ccccc7cc7c6ccc6ccccc67)c6ccccc56)cc4)cc3)cc(-c3cccc4sc5ccccc5c34)n2)cc1. The van der Waals surface area contributed by atoms with E-state index in [0.29, 0.717) is 5.82 Å². The molecule has 0 atom stereocenters. The van der Waals surface area contributed by atoms with Crippen molar-refractivity contribution in [2.24, 2.45) is 0 Å². The third kappa shape index (κ3) is 6.31. The van der Waals surface area contributed by atoms with Gasteiger partial charge in [0.1, 0.15) is 0 Å². The van der Waals surface area contributed by atoms with Gasteiger partial charge in [0, 0.05) is 36.9 Å². The lowest BCUT2D eigenvalue weighted by atomic mass is 9.86. The second-order valence-electron chi connectivity index (χ2n) is 16.8. The number of thiophene rings is 1. The molecule has 13 aromatic rings. The molecule has 0 spiro atoms. The number of nitrogens with zero attached hydrogens (tertiary/aromatic N) is 2. The molecule has 0 N–H and O–H groups in total. The molecule has 0 saturated carbocycles. The fourth-order valence-corrected chi connectivity index (χ4v) is 11.1. The second-order valence-corrected chi connectivity index (χ2v) is 17.9. The number of aromatic nitrogens is 2. The number of benzene rings is 11. The van der Waals surface area contributed by atoms with Gasteiger partial charge in [0.2, 0.25) is 0 Å². The van der Waals surface area contributed by atoms with E-state index in [4.69, 9.17) is 9.97 Å². The topological polar surface area (TPSA) is 25.8 Å². The molecule has 0 bridgehead atoms. The summed E-state index contributed by atoms with van der Waals surface area (Å²) < 4.78 is 2.54. The van der Waals surface area contributed by atoms with Crippen LogP contribution in [0.5, 0.6) is 0 Å². The first-order chi connectivity index (χ1) is 32.2. The van der Waals surface area contributed by atoms with Crippen LogP contribution < -0.4 is 0 Å². The second kappa shape index (κ2) is 15.2. The van der Waals surface area contributed by atoms with Crippen LogP contribution in [0.15, 0.2) is 231 Å². The molecular weight excluding hydrogens is 805 g/mol. The summed E-state index contributed by atoms with van der Waals surface area (Å²) in [5.41, 5.74) is 12.3. The molecule has 0 aliphatic carbocycles. The summed E-state index contributed by atoms with van der Waals surface area (Å²) in [6.07, 6.45) is 0. The predicted molar refractivity (Wildman–Crippen MR) is 278 cm³/mol. The number of hydrogen-bond acceptors (Lipinski definition) is 3. The van der Waals surface area contributed by atoms with Gasteiger partial charge in [-0.3, -0.25) is 0 Å². The summed E-state index contributed by atoms with van der Waals surface area (Å²) in [5, 5.41) is 12.6. The Hall–Kier alpha value is -8.24. The molecule has 11 aromatic carbocycles. The van der Waals surface area contributed by atoms with Gasteiger partial charge >= 0.3 is 0 Å². The molecule has 0 saturated heterocycles. The van der Waals surface area contributed by atoms with Gasteiger partial charge in [-0.15, -0.1) is 11.3 Å². The summed E-state index contributed by atoms with van der Waals surface area (Å²) in [6, 6.07) is 83.5. The fraction of sp³-hybridized carbons (Fsp3) is 0. The smallest absolute Gasteiger partial charge is 0.160 e. The van der Waals surface area contributed by atoms with Gasteiger partial charge in [0.15, 0.2) is 5.82 Å². The maximum Gasteiger partial charge on any atom is 0.160 e. The Morgan fingerprint density at radius 3 is 1.65 bits per heavy atom. The zero-order chi connectivity index (χ0) is 42.8. The Balaban J connectivity index is 0.866. The van der Waals surface area contributed by atoms with Gasteiger partial charge < -0.3 is 0 Å². The fourth-order valence-electron chi connectivity index (χ4n) is 9.99. The Bertz CT molecular complexity index is 3980. The van der Waals surface area contributed by atoms with Gasteiger partial charge in [0.25, 0.3) is 0 Å². The van der Waals surface area contributed by atoms with Crippen LogP contribution in [0.4, 0.5) is 0 Å². The molecular formula is C62H38N2S. The van der Waals surface area contributed by atoms with Gasteiger partial charge in [-0.1, -0.05) is 206 Å². The molecule has 0 amide bonds. The highest BCUT2D eigenvalue weighted by molar-refractivity contribution is 7.25. The molecule has 0 aliphatic heterocycles. The zero-order valence-electron chi connectivity index (χ0n) is 35.2. The van der Waals surface area contributed by atoms with Crippen LogP contribution in [0.3, 0.4) is 0 Å². The van der Waals surface area contributed by atoms with Crippen molar-refractivity contribution in [3.8, 4) is 67.3 Å². The van der Waals surface area contributed by atoms with Crippen LogP contribution >= 0.6 is 11.3 Å². The van der Waals surface area contributed by atoms with Crippen molar-refractivity contribution >= 4 is 74.6 Å². The van der Waals surface area contributed by atoms with Gasteiger partial charge in [0.05, 0.1) is 11.4 Å². The average molecular weight is 843 g/mol. The average Bonchev–Trinajstić information content (AvgIpc) is 3.77. The molecule has 0 aliphatic rings. The number of hydrogen-bond donors (Lipinski definition) is 0. The molecule has 2 nitrogen and oxygen atoms in total. The first kappa shape index (κ1) is 37.3. The normalized spacial score (nSPS) is 11.7. The minimum Gasteiger partial charge on any atom is -0.228 e. The molecule has 2 aromatic heterocycles. The minimum absolute atomic E-state index is 0.717. The Morgan fingerprint density at radius 1 is 0.277 bits per heavy atom. The molecule has 302 valence electrons. The Morgan fingerprint density at radius 2 is 0.862 bits per heavy atom. The lowest BCUT2D eigenvalue weighted by molar-refractivity contribution is 1.19. The van der Waals surface area contributed by atoms with Crippen molar-refractivity contribution < 1.29 is 0 Å². The largest absolute Gasteiger partial charge is 0.228 e. The number of rotatable bonds is 6. The summed E-state index contributed by atoms with van der Waals surface area (Å²) >= 11 is 1.83. The van der Waals surface area contributed by atoms with Crippen molar-refractivity contribution in [2.75, 3.05) is 0 Å². The third-order valence-corrected chi connectivity index (χ3v) is 14.2. The van der Waals surface area contributed by atoms with E-state index in [9.17, 15) is 0 Å². The highest BCUT2D eigenvalue weighted by Gasteiger charge is 2.18. The highest BCUT2D eigenvalue weighted by atomic mass is 32.1. The first-order valence-electron chi connectivity index (χ1n) is 22.1. The molecule has 13 rings (SSSR count). The van der Waals surface area contributed by atoms with E-state index in [-0.39, 0.29) is 0 Å². The van der Waals surface area contributed by atoms with Crippen molar-refractivity contribution in [3.05, 3.63) is 231 Å². The quantitative estimate of drug-likeness (QED) is 0.123. The van der Waals surface area contributed by atoms with Crippen molar-refractivity contribution in [3.63, 3.8) is 0 Å².